The number of aromatic nitrogens is 1. The standard InChI is InChI=1S/C18H25N3O2/c1-13(2)11-14(3)18(23)21-10-6-7-15(12-21)17(22)20-16-8-4-5-9-19-16/h4-5,8-9,14-15H,1,6-7,10-12H2,2-3H3,(H,19,20,22). The Hall–Kier alpha value is -2.17. The summed E-state index contributed by atoms with van der Waals surface area (Å²) in [5.41, 5.74) is 1.01. The highest BCUT2D eigenvalue weighted by Crippen LogP contribution is 2.21. The van der Waals surface area contributed by atoms with Gasteiger partial charge in [0.2, 0.25) is 11.8 Å². The summed E-state index contributed by atoms with van der Waals surface area (Å²) in [6, 6.07) is 5.40. The summed E-state index contributed by atoms with van der Waals surface area (Å²) in [7, 11) is 0. The van der Waals surface area contributed by atoms with E-state index in [4.69, 9.17) is 0 Å². The van der Waals surface area contributed by atoms with Gasteiger partial charge in [-0.3, -0.25) is 9.59 Å². The number of carbonyl (C=O) groups excluding carboxylic acids is 2. The van der Waals surface area contributed by atoms with E-state index in [0.717, 1.165) is 25.0 Å². The minimum Gasteiger partial charge on any atom is -0.342 e. The van der Waals surface area contributed by atoms with Crippen LogP contribution in [0.5, 0.6) is 0 Å². The third-order valence-corrected chi connectivity index (χ3v) is 4.10. The largest absolute Gasteiger partial charge is 0.342 e. The van der Waals surface area contributed by atoms with Crippen molar-refractivity contribution in [3.8, 4) is 0 Å². The van der Waals surface area contributed by atoms with Crippen LogP contribution in [-0.4, -0.2) is 34.8 Å². The van der Waals surface area contributed by atoms with E-state index >= 15 is 0 Å². The Morgan fingerprint density at radius 1 is 1.48 bits per heavy atom. The lowest BCUT2D eigenvalue weighted by atomic mass is 9.94. The van der Waals surface area contributed by atoms with Gasteiger partial charge in [0.25, 0.3) is 0 Å². The molecule has 124 valence electrons. The van der Waals surface area contributed by atoms with Crippen molar-refractivity contribution < 1.29 is 9.59 Å². The number of anilines is 1. The van der Waals surface area contributed by atoms with Gasteiger partial charge < -0.3 is 10.2 Å². The van der Waals surface area contributed by atoms with Gasteiger partial charge in [0.1, 0.15) is 5.82 Å². The van der Waals surface area contributed by atoms with Crippen LogP contribution in [0.4, 0.5) is 5.82 Å². The second-order valence-corrected chi connectivity index (χ2v) is 6.39. The molecule has 5 nitrogen and oxygen atoms in total. The molecule has 0 spiro atoms. The Morgan fingerprint density at radius 2 is 2.26 bits per heavy atom. The molecule has 0 radical (unpaired) electrons. The number of rotatable bonds is 5. The van der Waals surface area contributed by atoms with Gasteiger partial charge in [-0.1, -0.05) is 18.6 Å². The lowest BCUT2D eigenvalue weighted by Gasteiger charge is -2.33. The third-order valence-electron chi connectivity index (χ3n) is 4.10. The van der Waals surface area contributed by atoms with Gasteiger partial charge in [-0.15, -0.1) is 6.58 Å². The first-order chi connectivity index (χ1) is 11.0. The highest BCUT2D eigenvalue weighted by molar-refractivity contribution is 5.92. The van der Waals surface area contributed by atoms with Crippen LogP contribution < -0.4 is 5.32 Å². The number of amides is 2. The maximum Gasteiger partial charge on any atom is 0.230 e. The molecule has 2 amide bonds. The first kappa shape index (κ1) is 17.2. The quantitative estimate of drug-likeness (QED) is 0.850. The number of piperidine rings is 1. The Kier molecular flexibility index (Phi) is 5.90. The Labute approximate surface area is 137 Å². The van der Waals surface area contributed by atoms with Gasteiger partial charge in [-0.25, -0.2) is 4.98 Å². The number of carbonyl (C=O) groups is 2. The number of nitrogens with zero attached hydrogens (tertiary/aromatic N) is 2. The Bertz CT molecular complexity index is 571. The van der Waals surface area contributed by atoms with E-state index in [0.29, 0.717) is 18.8 Å². The van der Waals surface area contributed by atoms with Crippen molar-refractivity contribution in [2.24, 2.45) is 11.8 Å². The zero-order valence-electron chi connectivity index (χ0n) is 13.9. The van der Waals surface area contributed by atoms with Crippen molar-refractivity contribution in [3.05, 3.63) is 36.5 Å². The lowest BCUT2D eigenvalue weighted by Crippen LogP contribution is -2.45. The van der Waals surface area contributed by atoms with Gasteiger partial charge in [-0.2, -0.15) is 0 Å². The summed E-state index contributed by atoms with van der Waals surface area (Å²) < 4.78 is 0. The molecular weight excluding hydrogens is 290 g/mol. The molecule has 0 bridgehead atoms. The molecule has 0 aromatic carbocycles. The van der Waals surface area contributed by atoms with Crippen molar-refractivity contribution in [1.82, 2.24) is 9.88 Å². The minimum absolute atomic E-state index is 0.0613. The van der Waals surface area contributed by atoms with Gasteiger partial charge in [0, 0.05) is 25.2 Å². The summed E-state index contributed by atoms with van der Waals surface area (Å²) in [6.07, 6.45) is 3.99. The van der Waals surface area contributed by atoms with E-state index in [1.165, 1.54) is 0 Å². The predicted molar refractivity (Wildman–Crippen MR) is 90.8 cm³/mol. The average molecular weight is 315 g/mol. The van der Waals surface area contributed by atoms with Gasteiger partial charge in [-0.05, 0) is 38.3 Å². The number of likely N-dealkylation sites (tertiary alicyclic amines) is 1. The number of allylic oxidation sites excluding steroid dienone is 1. The van der Waals surface area contributed by atoms with Gasteiger partial charge >= 0.3 is 0 Å². The fourth-order valence-corrected chi connectivity index (χ4v) is 2.98. The van der Waals surface area contributed by atoms with Crippen molar-refractivity contribution in [2.75, 3.05) is 18.4 Å². The van der Waals surface area contributed by atoms with Crippen LogP contribution in [-0.2, 0) is 9.59 Å². The molecule has 1 saturated heterocycles. The monoisotopic (exact) mass is 315 g/mol. The fourth-order valence-electron chi connectivity index (χ4n) is 2.98. The van der Waals surface area contributed by atoms with E-state index in [2.05, 4.69) is 16.9 Å². The highest BCUT2D eigenvalue weighted by Gasteiger charge is 2.30. The van der Waals surface area contributed by atoms with E-state index in [9.17, 15) is 9.59 Å². The van der Waals surface area contributed by atoms with Crippen LogP contribution in [0.25, 0.3) is 0 Å². The fraction of sp³-hybridized carbons (Fsp3) is 0.500. The first-order valence-corrected chi connectivity index (χ1v) is 8.12. The molecule has 1 fully saturated rings. The molecule has 23 heavy (non-hydrogen) atoms. The minimum atomic E-state index is -0.174. The maximum atomic E-state index is 12.5. The van der Waals surface area contributed by atoms with Crippen LogP contribution in [0.2, 0.25) is 0 Å². The SMILES string of the molecule is C=C(C)CC(C)C(=O)N1CCCC(C(=O)Nc2ccccn2)C1. The molecule has 1 aromatic heterocycles. The summed E-state index contributed by atoms with van der Waals surface area (Å²) in [6.45, 7) is 8.94. The summed E-state index contributed by atoms with van der Waals surface area (Å²) in [5.74, 6) is 0.352. The molecule has 0 aliphatic carbocycles. The maximum absolute atomic E-state index is 12.5. The van der Waals surface area contributed by atoms with Gasteiger partial charge in [0.05, 0.1) is 5.92 Å². The summed E-state index contributed by atoms with van der Waals surface area (Å²) >= 11 is 0. The topological polar surface area (TPSA) is 62.3 Å². The Morgan fingerprint density at radius 3 is 2.91 bits per heavy atom. The van der Waals surface area contributed by atoms with Crippen molar-refractivity contribution in [3.63, 3.8) is 0 Å². The number of pyridine rings is 1. The van der Waals surface area contributed by atoms with Crippen LogP contribution in [0.15, 0.2) is 36.5 Å². The molecule has 5 heteroatoms. The molecule has 1 aromatic rings. The molecule has 2 atom stereocenters. The normalized spacial score (nSPS) is 19.0. The molecule has 2 unspecified atom stereocenters. The van der Waals surface area contributed by atoms with E-state index < -0.39 is 0 Å². The summed E-state index contributed by atoms with van der Waals surface area (Å²) in [5, 5.41) is 2.83. The van der Waals surface area contributed by atoms with Crippen molar-refractivity contribution in [2.45, 2.75) is 33.1 Å². The molecular formula is C18H25N3O2. The summed E-state index contributed by atoms with van der Waals surface area (Å²) in [4.78, 5) is 30.8. The van der Waals surface area contributed by atoms with Crippen LogP contribution in [0.3, 0.4) is 0 Å². The smallest absolute Gasteiger partial charge is 0.230 e. The Balaban J connectivity index is 1.93. The number of hydrogen-bond acceptors (Lipinski definition) is 3. The molecule has 1 aliphatic heterocycles. The third kappa shape index (κ3) is 4.91. The highest BCUT2D eigenvalue weighted by atomic mass is 16.2. The van der Waals surface area contributed by atoms with Crippen molar-refractivity contribution in [1.29, 1.82) is 0 Å². The number of hydrogen-bond donors (Lipinski definition) is 1. The molecule has 1 aliphatic rings. The van der Waals surface area contributed by atoms with E-state index in [1.54, 1.807) is 18.3 Å². The van der Waals surface area contributed by atoms with E-state index in [1.807, 2.05) is 24.8 Å². The zero-order valence-corrected chi connectivity index (χ0v) is 13.9. The zero-order chi connectivity index (χ0) is 16.8. The second kappa shape index (κ2) is 7.90. The molecule has 2 heterocycles. The molecule has 1 N–H and O–H groups in total. The lowest BCUT2D eigenvalue weighted by molar-refractivity contribution is -0.138. The van der Waals surface area contributed by atoms with Crippen LogP contribution in [0.1, 0.15) is 33.1 Å². The second-order valence-electron chi connectivity index (χ2n) is 6.39. The first-order valence-electron chi connectivity index (χ1n) is 8.12. The van der Waals surface area contributed by atoms with Crippen LogP contribution in [0, 0.1) is 11.8 Å². The molecule has 0 saturated carbocycles. The molecule has 2 rings (SSSR count). The van der Waals surface area contributed by atoms with Gasteiger partial charge in [0.15, 0.2) is 0 Å². The van der Waals surface area contributed by atoms with Crippen molar-refractivity contribution >= 4 is 17.6 Å². The van der Waals surface area contributed by atoms with Crippen LogP contribution >= 0.6 is 0 Å². The number of nitrogens with one attached hydrogen (secondary N) is 1. The predicted octanol–water partition coefficient (Wildman–Crippen LogP) is 2.86. The average Bonchev–Trinajstić information content (AvgIpc) is 2.54. The van der Waals surface area contributed by atoms with E-state index in [-0.39, 0.29) is 23.7 Å².